The van der Waals surface area contributed by atoms with Gasteiger partial charge >= 0.3 is 0 Å². The summed E-state index contributed by atoms with van der Waals surface area (Å²) in [5.74, 6) is 2.95. The number of aromatic nitrogens is 6. The number of thioether (sulfide) groups is 1. The smallest absolute Gasteiger partial charge is 0.191 e. The van der Waals surface area contributed by atoms with E-state index >= 15 is 0 Å². The van der Waals surface area contributed by atoms with Gasteiger partial charge in [-0.25, -0.2) is 4.98 Å². The molecule has 2 rings (SSSR count). The van der Waals surface area contributed by atoms with E-state index in [2.05, 4.69) is 32.0 Å². The zero-order valence-electron chi connectivity index (χ0n) is 10.5. The number of aromatic amines is 1. The molecule has 0 spiro atoms. The van der Waals surface area contributed by atoms with E-state index in [1.807, 2.05) is 11.5 Å². The maximum Gasteiger partial charge on any atom is 0.191 e. The average molecular weight is 302 g/mol. The Balaban J connectivity index is 0.00000180. The molecule has 2 aromatic heterocycles. The van der Waals surface area contributed by atoms with E-state index in [0.29, 0.717) is 18.8 Å². The number of halogens is 1. The second kappa shape index (κ2) is 7.27. The van der Waals surface area contributed by atoms with Crippen molar-refractivity contribution in [3.8, 4) is 0 Å². The van der Waals surface area contributed by atoms with Gasteiger partial charge in [0, 0.05) is 6.54 Å². The van der Waals surface area contributed by atoms with Crippen LogP contribution in [0.25, 0.3) is 0 Å². The molecule has 2 heterocycles. The third-order valence-corrected chi connectivity index (χ3v) is 3.22. The summed E-state index contributed by atoms with van der Waals surface area (Å²) in [6.45, 7) is 6.60. The van der Waals surface area contributed by atoms with Crippen LogP contribution in [0.3, 0.4) is 0 Å². The van der Waals surface area contributed by atoms with Gasteiger partial charge in [-0.3, -0.25) is 5.10 Å². The van der Waals surface area contributed by atoms with Crippen molar-refractivity contribution in [2.24, 2.45) is 5.73 Å². The number of hydrogen-bond acceptors (Lipinski definition) is 6. The Labute approximate surface area is 121 Å². The van der Waals surface area contributed by atoms with Crippen molar-refractivity contribution in [1.29, 1.82) is 0 Å². The van der Waals surface area contributed by atoms with Gasteiger partial charge < -0.3 is 10.3 Å². The first-order chi connectivity index (χ1) is 8.74. The van der Waals surface area contributed by atoms with Crippen molar-refractivity contribution in [1.82, 2.24) is 29.9 Å². The molecule has 3 N–H and O–H groups in total. The SMILES string of the molecule is C=CCn1c(CN)nnc1SCc1n[nH]c(C)n1.Cl. The summed E-state index contributed by atoms with van der Waals surface area (Å²) in [7, 11) is 0. The van der Waals surface area contributed by atoms with Crippen LogP contribution in [0.5, 0.6) is 0 Å². The molecule has 104 valence electrons. The molecule has 0 aliphatic rings. The molecule has 0 unspecified atom stereocenters. The van der Waals surface area contributed by atoms with Crippen LogP contribution in [0.15, 0.2) is 17.8 Å². The van der Waals surface area contributed by atoms with Crippen LogP contribution >= 0.6 is 24.2 Å². The fraction of sp³-hybridized carbons (Fsp3) is 0.400. The number of hydrogen-bond donors (Lipinski definition) is 2. The van der Waals surface area contributed by atoms with Crippen molar-refractivity contribution in [2.45, 2.75) is 30.9 Å². The lowest BCUT2D eigenvalue weighted by Crippen LogP contribution is -2.08. The molecule has 0 aromatic carbocycles. The molecule has 0 bridgehead atoms. The molecule has 0 saturated carbocycles. The minimum Gasteiger partial charge on any atom is -0.324 e. The Kier molecular flexibility index (Phi) is 6.00. The van der Waals surface area contributed by atoms with E-state index in [1.54, 1.807) is 6.08 Å². The summed E-state index contributed by atoms with van der Waals surface area (Å²) in [6.07, 6.45) is 1.80. The minimum absolute atomic E-state index is 0. The molecule has 2 aromatic rings. The van der Waals surface area contributed by atoms with Gasteiger partial charge in [0.15, 0.2) is 11.0 Å². The predicted molar refractivity (Wildman–Crippen MR) is 76.0 cm³/mol. The Bertz CT molecular complexity index is 536. The molecule has 0 radical (unpaired) electrons. The molecule has 0 aliphatic heterocycles. The second-order valence-corrected chi connectivity index (χ2v) is 4.57. The fourth-order valence-corrected chi connectivity index (χ4v) is 2.29. The van der Waals surface area contributed by atoms with Crippen LogP contribution in [0.1, 0.15) is 17.5 Å². The number of nitrogens with zero attached hydrogens (tertiary/aromatic N) is 5. The van der Waals surface area contributed by atoms with Crippen LogP contribution in [-0.2, 0) is 18.8 Å². The van der Waals surface area contributed by atoms with Gasteiger partial charge in [0.2, 0.25) is 0 Å². The molecule has 0 aliphatic carbocycles. The van der Waals surface area contributed by atoms with Crippen molar-refractivity contribution in [3.05, 3.63) is 30.1 Å². The molecule has 0 saturated heterocycles. The minimum atomic E-state index is 0. The van der Waals surface area contributed by atoms with Crippen LogP contribution in [-0.4, -0.2) is 29.9 Å². The monoisotopic (exact) mass is 301 g/mol. The zero-order valence-corrected chi connectivity index (χ0v) is 12.2. The topological polar surface area (TPSA) is 98.3 Å². The van der Waals surface area contributed by atoms with Crippen LogP contribution in [0, 0.1) is 6.92 Å². The highest BCUT2D eigenvalue weighted by atomic mass is 35.5. The summed E-state index contributed by atoms with van der Waals surface area (Å²) in [5.41, 5.74) is 5.61. The molecule has 0 fully saturated rings. The second-order valence-electron chi connectivity index (χ2n) is 3.63. The maximum absolute atomic E-state index is 5.61. The molecular weight excluding hydrogens is 286 g/mol. The Morgan fingerprint density at radius 2 is 2.26 bits per heavy atom. The molecule has 7 nitrogen and oxygen atoms in total. The number of nitrogens with two attached hydrogens (primary N) is 1. The van der Waals surface area contributed by atoms with E-state index in [1.165, 1.54) is 11.8 Å². The Hall–Kier alpha value is -1.38. The third-order valence-electron chi connectivity index (χ3n) is 2.26. The van der Waals surface area contributed by atoms with Crippen molar-refractivity contribution < 1.29 is 0 Å². The van der Waals surface area contributed by atoms with Crippen LogP contribution < -0.4 is 5.73 Å². The summed E-state index contributed by atoms with van der Waals surface area (Å²) in [4.78, 5) is 4.24. The van der Waals surface area contributed by atoms with Gasteiger partial charge in [-0.2, -0.15) is 5.10 Å². The highest BCUT2D eigenvalue weighted by Crippen LogP contribution is 2.20. The first-order valence-electron chi connectivity index (χ1n) is 5.48. The molecule has 9 heteroatoms. The van der Waals surface area contributed by atoms with Crippen LogP contribution in [0.2, 0.25) is 0 Å². The maximum atomic E-state index is 5.61. The molecule has 19 heavy (non-hydrogen) atoms. The standard InChI is InChI=1S/C10H15N7S.ClH/c1-3-4-17-9(5-11)15-16-10(17)18-6-8-12-7(2)13-14-8;/h3H,1,4-6,11H2,2H3,(H,12,13,14);1H. The van der Waals surface area contributed by atoms with Crippen molar-refractivity contribution >= 4 is 24.2 Å². The fourth-order valence-electron chi connectivity index (χ4n) is 1.47. The molecule has 0 atom stereocenters. The quantitative estimate of drug-likeness (QED) is 0.611. The number of aryl methyl sites for hydroxylation is 1. The lowest BCUT2D eigenvalue weighted by molar-refractivity contribution is 0.680. The highest BCUT2D eigenvalue weighted by Gasteiger charge is 2.11. The van der Waals surface area contributed by atoms with Crippen molar-refractivity contribution in [3.63, 3.8) is 0 Å². The average Bonchev–Trinajstić information content (AvgIpc) is 2.94. The Morgan fingerprint density at radius 1 is 1.47 bits per heavy atom. The number of rotatable bonds is 6. The van der Waals surface area contributed by atoms with Gasteiger partial charge in [-0.15, -0.1) is 29.2 Å². The summed E-state index contributed by atoms with van der Waals surface area (Å²) in [6, 6.07) is 0. The van der Waals surface area contributed by atoms with Crippen LogP contribution in [0.4, 0.5) is 0 Å². The summed E-state index contributed by atoms with van der Waals surface area (Å²) < 4.78 is 1.94. The van der Waals surface area contributed by atoms with E-state index in [4.69, 9.17) is 5.73 Å². The lowest BCUT2D eigenvalue weighted by Gasteiger charge is -2.04. The molecular formula is C10H16ClN7S. The number of allylic oxidation sites excluding steroid dienone is 1. The summed E-state index contributed by atoms with van der Waals surface area (Å²) >= 11 is 1.53. The third kappa shape index (κ3) is 3.79. The first kappa shape index (κ1) is 15.7. The van der Waals surface area contributed by atoms with Gasteiger partial charge in [-0.05, 0) is 6.92 Å². The normalized spacial score (nSPS) is 10.2. The van der Waals surface area contributed by atoms with Crippen molar-refractivity contribution in [2.75, 3.05) is 0 Å². The summed E-state index contributed by atoms with van der Waals surface area (Å²) in [5, 5.41) is 15.8. The number of H-pyrrole nitrogens is 1. The van der Waals surface area contributed by atoms with Gasteiger partial charge in [0.05, 0.1) is 12.3 Å². The van der Waals surface area contributed by atoms with E-state index in [9.17, 15) is 0 Å². The molecule has 0 amide bonds. The predicted octanol–water partition coefficient (Wildman–Crippen LogP) is 1.06. The van der Waals surface area contributed by atoms with Gasteiger partial charge in [0.25, 0.3) is 0 Å². The largest absolute Gasteiger partial charge is 0.324 e. The highest BCUT2D eigenvalue weighted by molar-refractivity contribution is 7.98. The number of nitrogens with one attached hydrogen (secondary N) is 1. The lowest BCUT2D eigenvalue weighted by atomic mass is 10.5. The van der Waals surface area contributed by atoms with E-state index < -0.39 is 0 Å². The van der Waals surface area contributed by atoms with E-state index in [-0.39, 0.29) is 12.4 Å². The Morgan fingerprint density at radius 3 is 2.84 bits per heavy atom. The zero-order chi connectivity index (χ0) is 13.0. The first-order valence-corrected chi connectivity index (χ1v) is 6.47. The van der Waals surface area contributed by atoms with Gasteiger partial charge in [-0.1, -0.05) is 17.8 Å². The van der Waals surface area contributed by atoms with Gasteiger partial charge in [0.1, 0.15) is 11.6 Å². The van der Waals surface area contributed by atoms with E-state index in [0.717, 1.165) is 22.6 Å².